The van der Waals surface area contributed by atoms with Crippen LogP contribution in [0.3, 0.4) is 0 Å². The molecular weight excluding hydrogens is 322 g/mol. The van der Waals surface area contributed by atoms with E-state index in [0.29, 0.717) is 15.9 Å². The molecule has 112 valence electrons. The highest BCUT2D eigenvalue weighted by atomic mass is 35.5. The molecule has 0 amide bonds. The zero-order chi connectivity index (χ0) is 15.5. The molecule has 2 heterocycles. The van der Waals surface area contributed by atoms with E-state index in [4.69, 9.17) is 11.6 Å². The molecule has 0 saturated heterocycles. The third-order valence-electron chi connectivity index (χ3n) is 3.07. The Hall–Kier alpha value is -2.12. The molecule has 0 radical (unpaired) electrons. The molecule has 22 heavy (non-hydrogen) atoms. The van der Waals surface area contributed by atoms with Crippen LogP contribution < -0.4 is 0 Å². The number of nitrogens with zero attached hydrogens (tertiary/aromatic N) is 5. The van der Waals surface area contributed by atoms with Crippen molar-refractivity contribution in [1.82, 2.24) is 24.8 Å². The predicted molar refractivity (Wildman–Crippen MR) is 84.6 cm³/mol. The normalized spacial score (nSPS) is 10.8. The summed E-state index contributed by atoms with van der Waals surface area (Å²) in [6.45, 7) is 0. The number of ketones is 1. The average molecular weight is 334 g/mol. The Kier molecular flexibility index (Phi) is 4.26. The van der Waals surface area contributed by atoms with E-state index in [-0.39, 0.29) is 11.5 Å². The molecule has 3 rings (SSSR count). The maximum Gasteiger partial charge on any atom is 0.214 e. The molecule has 1 aromatic carbocycles. The van der Waals surface area contributed by atoms with Crippen molar-refractivity contribution in [2.24, 2.45) is 7.05 Å². The van der Waals surface area contributed by atoms with Crippen LogP contribution in [-0.2, 0) is 7.05 Å². The van der Waals surface area contributed by atoms with Gasteiger partial charge < -0.3 is 4.57 Å². The summed E-state index contributed by atoms with van der Waals surface area (Å²) in [4.78, 5) is 12.2. The molecule has 0 aliphatic rings. The fourth-order valence-electron chi connectivity index (χ4n) is 1.97. The molecule has 0 aliphatic heterocycles. The van der Waals surface area contributed by atoms with E-state index in [9.17, 15) is 4.79 Å². The highest BCUT2D eigenvalue weighted by Gasteiger charge is 2.14. The van der Waals surface area contributed by atoms with Gasteiger partial charge in [-0.05, 0) is 46.8 Å². The Morgan fingerprint density at radius 1 is 1.27 bits per heavy atom. The summed E-state index contributed by atoms with van der Waals surface area (Å²) in [5.41, 5.74) is 1.46. The molecule has 3 aromatic rings. The molecule has 6 nitrogen and oxygen atoms in total. The van der Waals surface area contributed by atoms with Crippen LogP contribution in [0.4, 0.5) is 0 Å². The van der Waals surface area contributed by atoms with E-state index >= 15 is 0 Å². The predicted octanol–water partition coefficient (Wildman–Crippen LogP) is 2.63. The molecule has 0 N–H and O–H groups in total. The minimum atomic E-state index is 0.0307. The molecule has 0 fully saturated rings. The van der Waals surface area contributed by atoms with Gasteiger partial charge in [-0.25, -0.2) is 0 Å². The number of aryl methyl sites for hydroxylation is 1. The maximum atomic E-state index is 12.2. The first-order valence-electron chi connectivity index (χ1n) is 6.47. The number of carbonyl (C=O) groups is 1. The first kappa shape index (κ1) is 14.8. The number of halogens is 1. The first-order valence-corrected chi connectivity index (χ1v) is 7.83. The van der Waals surface area contributed by atoms with Gasteiger partial charge >= 0.3 is 0 Å². The molecule has 2 aromatic heterocycles. The number of hydrogen-bond acceptors (Lipinski definition) is 5. The van der Waals surface area contributed by atoms with Crippen LogP contribution in [0.1, 0.15) is 10.5 Å². The third kappa shape index (κ3) is 3.05. The van der Waals surface area contributed by atoms with Crippen molar-refractivity contribution in [1.29, 1.82) is 0 Å². The van der Waals surface area contributed by atoms with Gasteiger partial charge in [0.05, 0.1) is 17.1 Å². The van der Waals surface area contributed by atoms with Crippen molar-refractivity contribution < 1.29 is 4.79 Å². The number of tetrazole rings is 1. The van der Waals surface area contributed by atoms with Gasteiger partial charge in [0.15, 0.2) is 5.78 Å². The lowest BCUT2D eigenvalue weighted by atomic mass is 10.3. The largest absolute Gasteiger partial charge is 0.348 e. The van der Waals surface area contributed by atoms with E-state index in [2.05, 4.69) is 15.5 Å². The van der Waals surface area contributed by atoms with E-state index < -0.39 is 0 Å². The molecule has 0 bridgehead atoms. The summed E-state index contributed by atoms with van der Waals surface area (Å²) in [7, 11) is 1.84. The number of carbonyl (C=O) groups excluding carboxylic acids is 1. The summed E-state index contributed by atoms with van der Waals surface area (Å²) < 4.78 is 3.38. The van der Waals surface area contributed by atoms with Gasteiger partial charge in [-0.2, -0.15) is 4.68 Å². The number of thioether (sulfide) groups is 1. The number of benzene rings is 1. The van der Waals surface area contributed by atoms with Gasteiger partial charge in [0, 0.05) is 18.3 Å². The lowest BCUT2D eigenvalue weighted by Gasteiger charge is -2.04. The van der Waals surface area contributed by atoms with Crippen molar-refractivity contribution in [2.45, 2.75) is 5.16 Å². The van der Waals surface area contributed by atoms with Gasteiger partial charge in [0.25, 0.3) is 0 Å². The minimum absolute atomic E-state index is 0.0307. The SMILES string of the molecule is Cn1cccc1C(=O)CSc1nnnn1-c1ccc(Cl)cc1. The molecule has 0 atom stereocenters. The summed E-state index contributed by atoms with van der Waals surface area (Å²) in [6, 6.07) is 10.8. The molecule has 0 saturated carbocycles. The second kappa shape index (κ2) is 6.33. The van der Waals surface area contributed by atoms with Crippen molar-refractivity contribution >= 4 is 29.1 Å². The van der Waals surface area contributed by atoms with Gasteiger partial charge in [-0.15, -0.1) is 5.10 Å². The van der Waals surface area contributed by atoms with Crippen molar-refractivity contribution in [3.8, 4) is 5.69 Å². The lowest BCUT2D eigenvalue weighted by molar-refractivity contribution is 0.101. The van der Waals surface area contributed by atoms with Crippen molar-refractivity contribution in [3.63, 3.8) is 0 Å². The zero-order valence-electron chi connectivity index (χ0n) is 11.7. The van der Waals surface area contributed by atoms with Crippen LogP contribution in [0.15, 0.2) is 47.8 Å². The van der Waals surface area contributed by atoms with Gasteiger partial charge in [0.1, 0.15) is 0 Å². The Bertz CT molecular complexity index is 796. The summed E-state index contributed by atoms with van der Waals surface area (Å²) >= 11 is 7.17. The fraction of sp³-hybridized carbons (Fsp3) is 0.143. The van der Waals surface area contributed by atoms with E-state index in [1.54, 1.807) is 27.4 Å². The molecule has 0 unspecified atom stereocenters. The van der Waals surface area contributed by atoms with E-state index in [1.807, 2.05) is 31.4 Å². The first-order chi connectivity index (χ1) is 10.6. The Morgan fingerprint density at radius 3 is 2.73 bits per heavy atom. The monoisotopic (exact) mass is 333 g/mol. The smallest absolute Gasteiger partial charge is 0.214 e. The number of rotatable bonds is 5. The maximum absolute atomic E-state index is 12.2. The average Bonchev–Trinajstić information content (AvgIpc) is 3.14. The van der Waals surface area contributed by atoms with Crippen LogP contribution in [0, 0.1) is 0 Å². The molecule has 0 aliphatic carbocycles. The van der Waals surface area contributed by atoms with Gasteiger partial charge in [-0.3, -0.25) is 4.79 Å². The Morgan fingerprint density at radius 2 is 2.05 bits per heavy atom. The van der Waals surface area contributed by atoms with Crippen LogP contribution >= 0.6 is 23.4 Å². The van der Waals surface area contributed by atoms with Gasteiger partial charge in [0.2, 0.25) is 5.16 Å². The summed E-state index contributed by atoms with van der Waals surface area (Å²) in [5, 5.41) is 12.8. The zero-order valence-corrected chi connectivity index (χ0v) is 13.3. The van der Waals surface area contributed by atoms with Crippen LogP contribution in [0.5, 0.6) is 0 Å². The summed E-state index contributed by atoms with van der Waals surface area (Å²) in [6.07, 6.45) is 1.84. The molecule has 8 heteroatoms. The van der Waals surface area contributed by atoms with Crippen LogP contribution in [0.25, 0.3) is 5.69 Å². The summed E-state index contributed by atoms with van der Waals surface area (Å²) in [5.74, 6) is 0.300. The van der Waals surface area contributed by atoms with Gasteiger partial charge in [-0.1, -0.05) is 23.4 Å². The quantitative estimate of drug-likeness (QED) is 0.530. The number of Topliss-reactive ketones (excluding diaryl/α,β-unsaturated/α-hetero) is 1. The topological polar surface area (TPSA) is 65.6 Å². The Balaban J connectivity index is 1.74. The highest BCUT2D eigenvalue weighted by Crippen LogP contribution is 2.20. The van der Waals surface area contributed by atoms with Crippen molar-refractivity contribution in [2.75, 3.05) is 5.75 Å². The second-order valence-corrected chi connectivity index (χ2v) is 5.94. The second-order valence-electron chi connectivity index (χ2n) is 4.57. The lowest BCUT2D eigenvalue weighted by Crippen LogP contribution is -2.08. The molecule has 0 spiro atoms. The van der Waals surface area contributed by atoms with Crippen molar-refractivity contribution in [3.05, 3.63) is 53.3 Å². The van der Waals surface area contributed by atoms with Crippen LogP contribution in [0.2, 0.25) is 5.02 Å². The Labute approximate surface area is 136 Å². The minimum Gasteiger partial charge on any atom is -0.348 e. The number of hydrogen-bond donors (Lipinski definition) is 0. The number of aromatic nitrogens is 5. The van der Waals surface area contributed by atoms with E-state index in [1.165, 1.54) is 11.8 Å². The fourth-order valence-corrected chi connectivity index (χ4v) is 2.86. The van der Waals surface area contributed by atoms with E-state index in [0.717, 1.165) is 5.69 Å². The highest BCUT2D eigenvalue weighted by molar-refractivity contribution is 7.99. The third-order valence-corrected chi connectivity index (χ3v) is 4.25. The standard InChI is InChI=1S/C14H12ClN5OS/c1-19-8-2-3-12(19)13(21)9-22-14-16-17-18-20(14)11-6-4-10(15)5-7-11/h2-8H,9H2,1H3. The molecular formula is C14H12ClN5OS. The van der Waals surface area contributed by atoms with Crippen LogP contribution in [-0.4, -0.2) is 36.3 Å².